The molecule has 1 rings (SSSR count). The van der Waals surface area contributed by atoms with E-state index in [-0.39, 0.29) is 18.6 Å². The monoisotopic (exact) mass is 213 g/mol. The van der Waals surface area contributed by atoms with Crippen LogP contribution in [0.25, 0.3) is 0 Å². The van der Waals surface area contributed by atoms with Crippen LogP contribution in [0.4, 0.5) is 0 Å². The van der Waals surface area contributed by atoms with E-state index in [0.29, 0.717) is 6.42 Å². The van der Waals surface area contributed by atoms with Crippen molar-refractivity contribution in [3.8, 4) is 0 Å². The van der Waals surface area contributed by atoms with Gasteiger partial charge in [-0.2, -0.15) is 11.3 Å². The first kappa shape index (κ1) is 11.2. The van der Waals surface area contributed by atoms with Gasteiger partial charge < -0.3 is 10.4 Å². The molecule has 14 heavy (non-hydrogen) atoms. The van der Waals surface area contributed by atoms with Crippen LogP contribution in [0, 0.1) is 0 Å². The summed E-state index contributed by atoms with van der Waals surface area (Å²) in [6.07, 6.45) is 1.16. The Bertz CT molecular complexity index is 268. The molecule has 0 aromatic carbocycles. The van der Waals surface area contributed by atoms with Crippen LogP contribution in [-0.4, -0.2) is 23.7 Å². The molecule has 0 radical (unpaired) electrons. The number of hydrogen-bond acceptors (Lipinski definition) is 3. The fraction of sp³-hybridized carbons (Fsp3) is 0.500. The molecule has 0 saturated heterocycles. The fourth-order valence-electron chi connectivity index (χ4n) is 1.13. The Hall–Kier alpha value is -0.870. The van der Waals surface area contributed by atoms with Gasteiger partial charge in [0.2, 0.25) is 5.91 Å². The van der Waals surface area contributed by atoms with Crippen LogP contribution >= 0.6 is 11.3 Å². The van der Waals surface area contributed by atoms with Crippen LogP contribution in [0.1, 0.15) is 18.9 Å². The van der Waals surface area contributed by atoms with E-state index in [1.807, 2.05) is 23.8 Å². The highest BCUT2D eigenvalue weighted by Crippen LogP contribution is 2.06. The molecule has 0 unspecified atom stereocenters. The average molecular weight is 213 g/mol. The van der Waals surface area contributed by atoms with Crippen LogP contribution in [0.2, 0.25) is 0 Å². The van der Waals surface area contributed by atoms with Gasteiger partial charge >= 0.3 is 0 Å². The molecule has 2 N–H and O–H groups in total. The van der Waals surface area contributed by atoms with Gasteiger partial charge in [-0.25, -0.2) is 0 Å². The largest absolute Gasteiger partial charge is 0.394 e. The van der Waals surface area contributed by atoms with Gasteiger partial charge in [-0.3, -0.25) is 4.79 Å². The van der Waals surface area contributed by atoms with Gasteiger partial charge in [0.1, 0.15) is 0 Å². The van der Waals surface area contributed by atoms with Gasteiger partial charge in [0.15, 0.2) is 0 Å². The van der Waals surface area contributed by atoms with E-state index in [0.717, 1.165) is 12.0 Å². The third-order valence-corrected chi connectivity index (χ3v) is 2.76. The molecular weight excluding hydrogens is 198 g/mol. The number of aliphatic hydroxyl groups is 1. The average Bonchev–Trinajstić information content (AvgIpc) is 2.66. The molecule has 0 aliphatic heterocycles. The molecule has 0 fully saturated rings. The minimum Gasteiger partial charge on any atom is -0.394 e. The van der Waals surface area contributed by atoms with Gasteiger partial charge in [0, 0.05) is 0 Å². The number of aliphatic hydroxyl groups excluding tert-OH is 1. The van der Waals surface area contributed by atoms with E-state index in [1.165, 1.54) is 0 Å². The maximum absolute atomic E-state index is 11.4. The second kappa shape index (κ2) is 5.78. The van der Waals surface area contributed by atoms with E-state index >= 15 is 0 Å². The van der Waals surface area contributed by atoms with E-state index in [2.05, 4.69) is 5.32 Å². The zero-order chi connectivity index (χ0) is 10.4. The van der Waals surface area contributed by atoms with Crippen molar-refractivity contribution in [3.05, 3.63) is 22.4 Å². The highest BCUT2D eigenvalue weighted by atomic mass is 32.1. The van der Waals surface area contributed by atoms with Crippen molar-refractivity contribution in [1.29, 1.82) is 0 Å². The summed E-state index contributed by atoms with van der Waals surface area (Å²) < 4.78 is 0. The summed E-state index contributed by atoms with van der Waals surface area (Å²) in [5.74, 6) is -0.0238. The lowest BCUT2D eigenvalue weighted by molar-refractivity contribution is -0.121. The predicted octanol–water partition coefficient (Wildman–Crippen LogP) is 1.18. The molecule has 1 atom stereocenters. The van der Waals surface area contributed by atoms with Crippen molar-refractivity contribution >= 4 is 17.2 Å². The first-order chi connectivity index (χ1) is 6.76. The number of rotatable bonds is 5. The number of hydrogen-bond donors (Lipinski definition) is 2. The van der Waals surface area contributed by atoms with Gasteiger partial charge in [-0.15, -0.1) is 0 Å². The Morgan fingerprint density at radius 2 is 2.50 bits per heavy atom. The molecule has 1 aromatic heterocycles. The first-order valence-electron chi connectivity index (χ1n) is 4.67. The summed E-state index contributed by atoms with van der Waals surface area (Å²) in [5, 5.41) is 15.6. The second-order valence-corrected chi connectivity index (χ2v) is 3.94. The molecule has 0 aliphatic carbocycles. The SMILES string of the molecule is CC[C@H](CO)NC(=O)Cc1ccsc1. The van der Waals surface area contributed by atoms with Crippen LogP contribution < -0.4 is 5.32 Å². The van der Waals surface area contributed by atoms with E-state index in [4.69, 9.17) is 5.11 Å². The normalized spacial score (nSPS) is 12.4. The van der Waals surface area contributed by atoms with Gasteiger partial charge in [0.05, 0.1) is 19.1 Å². The van der Waals surface area contributed by atoms with Crippen molar-refractivity contribution in [3.63, 3.8) is 0 Å². The van der Waals surface area contributed by atoms with E-state index < -0.39 is 0 Å². The van der Waals surface area contributed by atoms with E-state index in [9.17, 15) is 4.79 Å². The molecule has 3 nitrogen and oxygen atoms in total. The maximum Gasteiger partial charge on any atom is 0.224 e. The Morgan fingerprint density at radius 1 is 1.71 bits per heavy atom. The molecule has 0 aliphatic rings. The summed E-state index contributed by atoms with van der Waals surface area (Å²) in [7, 11) is 0. The topological polar surface area (TPSA) is 49.3 Å². The summed E-state index contributed by atoms with van der Waals surface area (Å²) in [4.78, 5) is 11.4. The summed E-state index contributed by atoms with van der Waals surface area (Å²) in [5.41, 5.74) is 1.03. The molecule has 1 heterocycles. The molecule has 1 amide bonds. The highest BCUT2D eigenvalue weighted by molar-refractivity contribution is 7.07. The highest BCUT2D eigenvalue weighted by Gasteiger charge is 2.09. The molecule has 0 saturated carbocycles. The fourth-order valence-corrected chi connectivity index (χ4v) is 1.80. The molecule has 4 heteroatoms. The zero-order valence-electron chi connectivity index (χ0n) is 8.19. The summed E-state index contributed by atoms with van der Waals surface area (Å²) >= 11 is 1.58. The number of amides is 1. The van der Waals surface area contributed by atoms with Crippen molar-refractivity contribution in [1.82, 2.24) is 5.32 Å². The Kier molecular flexibility index (Phi) is 4.62. The maximum atomic E-state index is 11.4. The molecule has 78 valence electrons. The van der Waals surface area contributed by atoms with Crippen LogP contribution in [-0.2, 0) is 11.2 Å². The smallest absolute Gasteiger partial charge is 0.224 e. The van der Waals surface area contributed by atoms with Crippen molar-refractivity contribution < 1.29 is 9.90 Å². The third kappa shape index (κ3) is 3.47. The van der Waals surface area contributed by atoms with E-state index in [1.54, 1.807) is 11.3 Å². The minimum atomic E-state index is -0.110. The lowest BCUT2D eigenvalue weighted by atomic mass is 10.2. The Balaban J connectivity index is 2.35. The predicted molar refractivity (Wildman–Crippen MR) is 57.3 cm³/mol. The number of thiophene rings is 1. The molecule has 0 bridgehead atoms. The number of carbonyl (C=O) groups excluding carboxylic acids is 1. The Labute approximate surface area is 87.8 Å². The van der Waals surface area contributed by atoms with Crippen LogP contribution in [0.15, 0.2) is 16.8 Å². The minimum absolute atomic E-state index is 0.00583. The first-order valence-corrected chi connectivity index (χ1v) is 5.61. The quantitative estimate of drug-likeness (QED) is 0.771. The van der Waals surface area contributed by atoms with Crippen LogP contribution in [0.5, 0.6) is 0 Å². The molecule has 1 aromatic rings. The van der Waals surface area contributed by atoms with Gasteiger partial charge in [-0.1, -0.05) is 6.92 Å². The summed E-state index contributed by atoms with van der Waals surface area (Å²) in [6, 6.07) is 1.82. The van der Waals surface area contributed by atoms with Crippen molar-refractivity contribution in [2.24, 2.45) is 0 Å². The standard InChI is InChI=1S/C10H15NO2S/c1-2-9(6-12)11-10(13)5-8-3-4-14-7-8/h3-4,7,9,12H,2,5-6H2,1H3,(H,11,13)/t9-/m1/s1. The molecule has 0 spiro atoms. The third-order valence-electron chi connectivity index (χ3n) is 2.02. The lowest BCUT2D eigenvalue weighted by Gasteiger charge is -2.13. The zero-order valence-corrected chi connectivity index (χ0v) is 9.01. The van der Waals surface area contributed by atoms with Gasteiger partial charge in [0.25, 0.3) is 0 Å². The van der Waals surface area contributed by atoms with Crippen molar-refractivity contribution in [2.45, 2.75) is 25.8 Å². The second-order valence-electron chi connectivity index (χ2n) is 3.16. The van der Waals surface area contributed by atoms with Crippen LogP contribution in [0.3, 0.4) is 0 Å². The summed E-state index contributed by atoms with van der Waals surface area (Å²) in [6.45, 7) is 1.94. The van der Waals surface area contributed by atoms with Gasteiger partial charge in [-0.05, 0) is 28.8 Å². The Morgan fingerprint density at radius 3 is 3.00 bits per heavy atom. The lowest BCUT2D eigenvalue weighted by Crippen LogP contribution is -2.37. The molecular formula is C10H15NO2S. The number of carbonyl (C=O) groups is 1. The van der Waals surface area contributed by atoms with Crippen molar-refractivity contribution in [2.75, 3.05) is 6.61 Å². The number of nitrogens with one attached hydrogen (secondary N) is 1.